The highest BCUT2D eigenvalue weighted by molar-refractivity contribution is 9.10. The van der Waals surface area contributed by atoms with Crippen LogP contribution in [-0.4, -0.2) is 4.98 Å². The van der Waals surface area contributed by atoms with Crippen LogP contribution in [0.15, 0.2) is 102 Å². The van der Waals surface area contributed by atoms with E-state index in [1.165, 1.54) is 27.1 Å². The third kappa shape index (κ3) is 2.73. The molecule has 0 unspecified atom stereocenters. The molecule has 0 bridgehead atoms. The number of rotatable bonds is 2. The van der Waals surface area contributed by atoms with Crippen LogP contribution in [0.25, 0.3) is 44.1 Å². The van der Waals surface area contributed by atoms with Crippen LogP contribution >= 0.6 is 15.9 Å². The van der Waals surface area contributed by atoms with Crippen LogP contribution in [0.4, 0.5) is 0 Å². The minimum atomic E-state index is 0.990. The summed E-state index contributed by atoms with van der Waals surface area (Å²) in [6, 6.07) is 33.6. The lowest BCUT2D eigenvalue weighted by molar-refractivity contribution is 1.33. The van der Waals surface area contributed by atoms with Crippen LogP contribution in [0.5, 0.6) is 0 Å². The molecule has 5 rings (SSSR count). The van der Waals surface area contributed by atoms with E-state index in [4.69, 9.17) is 4.98 Å². The molecule has 0 radical (unpaired) electrons. The van der Waals surface area contributed by atoms with E-state index in [0.717, 1.165) is 21.4 Å². The third-order valence-electron chi connectivity index (χ3n) is 4.94. The highest BCUT2D eigenvalue weighted by Crippen LogP contribution is 2.41. The molecule has 27 heavy (non-hydrogen) atoms. The maximum absolute atomic E-state index is 5.03. The molecular formula is C25H16BrN. The zero-order valence-corrected chi connectivity index (χ0v) is 16.1. The Bertz CT molecular complexity index is 1220. The zero-order chi connectivity index (χ0) is 18.2. The van der Waals surface area contributed by atoms with E-state index in [2.05, 4.69) is 94.8 Å². The van der Waals surface area contributed by atoms with Gasteiger partial charge in [-0.05, 0) is 49.6 Å². The molecule has 128 valence electrons. The monoisotopic (exact) mass is 409 g/mol. The SMILES string of the molecule is Brc1c2ccccc2c(-c2cccc(-c3ccccc3)n2)c2ccccc12. The summed E-state index contributed by atoms with van der Waals surface area (Å²) in [4.78, 5) is 5.03. The van der Waals surface area contributed by atoms with Crippen molar-refractivity contribution >= 4 is 37.5 Å². The van der Waals surface area contributed by atoms with Crippen molar-refractivity contribution in [3.63, 3.8) is 0 Å². The fraction of sp³-hybridized carbons (Fsp3) is 0. The van der Waals surface area contributed by atoms with Crippen molar-refractivity contribution < 1.29 is 0 Å². The van der Waals surface area contributed by atoms with Gasteiger partial charge in [-0.3, -0.25) is 0 Å². The van der Waals surface area contributed by atoms with E-state index in [9.17, 15) is 0 Å². The van der Waals surface area contributed by atoms with Gasteiger partial charge in [0.15, 0.2) is 0 Å². The standard InChI is InChI=1S/C25H16BrN/c26-25-20-13-6-4-11-18(20)24(19-12-5-7-14-21(19)25)23-16-8-15-22(27-23)17-9-2-1-3-10-17/h1-16H. The number of hydrogen-bond donors (Lipinski definition) is 0. The molecule has 0 amide bonds. The van der Waals surface area contributed by atoms with Crippen LogP contribution in [0.2, 0.25) is 0 Å². The first-order chi connectivity index (χ1) is 13.3. The van der Waals surface area contributed by atoms with Crippen LogP contribution in [0.3, 0.4) is 0 Å². The highest BCUT2D eigenvalue weighted by Gasteiger charge is 2.14. The largest absolute Gasteiger partial charge is 0.248 e. The Hall–Kier alpha value is -2.97. The van der Waals surface area contributed by atoms with Crippen molar-refractivity contribution in [3.05, 3.63) is 102 Å². The Morgan fingerprint density at radius 2 is 1.00 bits per heavy atom. The molecular weight excluding hydrogens is 394 g/mol. The molecule has 0 saturated heterocycles. The van der Waals surface area contributed by atoms with Crippen molar-refractivity contribution in [1.29, 1.82) is 0 Å². The number of nitrogens with zero attached hydrogens (tertiary/aromatic N) is 1. The van der Waals surface area contributed by atoms with E-state index < -0.39 is 0 Å². The minimum Gasteiger partial charge on any atom is -0.248 e. The molecule has 0 aliphatic rings. The van der Waals surface area contributed by atoms with Gasteiger partial charge >= 0.3 is 0 Å². The van der Waals surface area contributed by atoms with Crippen molar-refractivity contribution in [1.82, 2.24) is 4.98 Å². The van der Waals surface area contributed by atoms with Crippen molar-refractivity contribution in [2.24, 2.45) is 0 Å². The zero-order valence-electron chi connectivity index (χ0n) is 14.6. The molecule has 0 N–H and O–H groups in total. The van der Waals surface area contributed by atoms with Gasteiger partial charge in [-0.1, -0.05) is 84.9 Å². The van der Waals surface area contributed by atoms with Crippen LogP contribution in [-0.2, 0) is 0 Å². The summed E-state index contributed by atoms with van der Waals surface area (Å²) in [6.07, 6.45) is 0. The molecule has 5 aromatic rings. The smallest absolute Gasteiger partial charge is 0.0722 e. The summed E-state index contributed by atoms with van der Waals surface area (Å²) in [5, 5.41) is 4.83. The first-order valence-corrected chi connectivity index (χ1v) is 9.74. The Balaban J connectivity index is 1.86. The Morgan fingerprint density at radius 3 is 1.63 bits per heavy atom. The second kappa shape index (κ2) is 6.64. The van der Waals surface area contributed by atoms with Gasteiger partial charge in [0.1, 0.15) is 0 Å². The fourth-order valence-corrected chi connectivity index (χ4v) is 4.39. The molecule has 1 nitrogen and oxygen atoms in total. The van der Waals surface area contributed by atoms with Gasteiger partial charge in [0.2, 0.25) is 0 Å². The molecule has 4 aromatic carbocycles. The highest BCUT2D eigenvalue weighted by atomic mass is 79.9. The molecule has 0 spiro atoms. The fourth-order valence-electron chi connectivity index (χ4n) is 3.69. The van der Waals surface area contributed by atoms with Gasteiger partial charge in [-0.2, -0.15) is 0 Å². The molecule has 1 aromatic heterocycles. The minimum absolute atomic E-state index is 0.990. The normalized spacial score (nSPS) is 11.1. The van der Waals surface area contributed by atoms with Gasteiger partial charge in [-0.25, -0.2) is 4.98 Å². The summed E-state index contributed by atoms with van der Waals surface area (Å²) in [6.45, 7) is 0. The lowest BCUT2D eigenvalue weighted by Gasteiger charge is -2.14. The van der Waals surface area contributed by atoms with Crippen LogP contribution in [0, 0.1) is 0 Å². The van der Waals surface area contributed by atoms with Crippen molar-refractivity contribution in [3.8, 4) is 22.5 Å². The predicted molar refractivity (Wildman–Crippen MR) is 118 cm³/mol. The molecule has 0 atom stereocenters. The van der Waals surface area contributed by atoms with Gasteiger partial charge in [0.25, 0.3) is 0 Å². The number of halogens is 1. The summed E-state index contributed by atoms with van der Waals surface area (Å²) in [5.41, 5.74) is 4.30. The van der Waals surface area contributed by atoms with E-state index in [-0.39, 0.29) is 0 Å². The number of pyridine rings is 1. The van der Waals surface area contributed by atoms with Crippen LogP contribution in [0.1, 0.15) is 0 Å². The average molecular weight is 410 g/mol. The van der Waals surface area contributed by atoms with Gasteiger partial charge in [0.05, 0.1) is 11.4 Å². The first kappa shape index (κ1) is 16.2. The summed E-state index contributed by atoms with van der Waals surface area (Å²) >= 11 is 3.82. The number of aromatic nitrogens is 1. The van der Waals surface area contributed by atoms with Gasteiger partial charge < -0.3 is 0 Å². The van der Waals surface area contributed by atoms with E-state index >= 15 is 0 Å². The van der Waals surface area contributed by atoms with Gasteiger partial charge in [-0.15, -0.1) is 0 Å². The summed E-state index contributed by atoms with van der Waals surface area (Å²) in [7, 11) is 0. The molecule has 0 fully saturated rings. The second-order valence-electron chi connectivity index (χ2n) is 6.55. The quantitative estimate of drug-likeness (QED) is 0.275. The predicted octanol–water partition coefficient (Wildman–Crippen LogP) is 7.48. The molecule has 2 heteroatoms. The number of hydrogen-bond acceptors (Lipinski definition) is 1. The first-order valence-electron chi connectivity index (χ1n) is 8.95. The molecule has 0 saturated carbocycles. The lowest BCUT2D eigenvalue weighted by atomic mass is 9.94. The average Bonchev–Trinajstić information content (AvgIpc) is 2.75. The number of fused-ring (bicyclic) bond motifs is 2. The Labute approximate surface area is 166 Å². The van der Waals surface area contributed by atoms with E-state index in [1.54, 1.807) is 0 Å². The van der Waals surface area contributed by atoms with Crippen molar-refractivity contribution in [2.75, 3.05) is 0 Å². The molecule has 1 heterocycles. The maximum atomic E-state index is 5.03. The van der Waals surface area contributed by atoms with E-state index in [0.29, 0.717) is 0 Å². The second-order valence-corrected chi connectivity index (χ2v) is 7.35. The number of benzene rings is 4. The lowest BCUT2D eigenvalue weighted by Crippen LogP contribution is -1.91. The third-order valence-corrected chi connectivity index (χ3v) is 5.79. The Morgan fingerprint density at radius 1 is 0.481 bits per heavy atom. The van der Waals surface area contributed by atoms with Crippen molar-refractivity contribution in [2.45, 2.75) is 0 Å². The summed E-state index contributed by atoms with van der Waals surface area (Å²) in [5.74, 6) is 0. The molecule has 0 aliphatic heterocycles. The topological polar surface area (TPSA) is 12.9 Å². The van der Waals surface area contributed by atoms with Crippen LogP contribution < -0.4 is 0 Å². The molecule has 0 aliphatic carbocycles. The van der Waals surface area contributed by atoms with E-state index in [1.807, 2.05) is 18.2 Å². The maximum Gasteiger partial charge on any atom is 0.0722 e. The van der Waals surface area contributed by atoms with Gasteiger partial charge in [0, 0.05) is 15.6 Å². The Kier molecular flexibility index (Phi) is 3.99. The summed E-state index contributed by atoms with van der Waals surface area (Å²) < 4.78 is 1.14.